The Morgan fingerprint density at radius 1 is 0.985 bits per heavy atom. The van der Waals surface area contributed by atoms with Gasteiger partial charge in [0.05, 0.1) is 18.1 Å². The number of aromatic nitrogens is 2. The number of Topliss-reactive ketones (excluding diaryl/α,β-unsaturated/α-hetero) is 1. The summed E-state index contributed by atoms with van der Waals surface area (Å²) in [5, 5.41) is 17.4. The summed E-state index contributed by atoms with van der Waals surface area (Å²) in [5.74, 6) is -4.39. The van der Waals surface area contributed by atoms with Crippen LogP contribution in [0.2, 0.25) is 0 Å². The summed E-state index contributed by atoms with van der Waals surface area (Å²) < 4.78 is 38.0. The SMILES string of the molecule is CC[C@H]1OC(=O)[C@H](C)[C@@H](OC(=O)N(CC)CC)[C@H](C)[C@@H](O[C@@H]2O[C@H](C)C[C@H](N(C)C)[C@H]2O)[C@](C)(OC(=O)NCC=Cc2ccc(-c3ncccn3)cc2)C[C@@H](C)C(=O)[C@H](C)[C@H]2NC(=O)O[C@@]21C. The maximum atomic E-state index is 14.7. The van der Waals surface area contributed by atoms with E-state index in [0.29, 0.717) is 25.3 Å². The number of likely N-dealkylation sites (N-methyl/N-ethyl adjacent to an activating group) is 1. The number of carbonyl (C=O) groups excluding carboxylic acids is 5. The molecular formula is C49H72N6O12. The number of aliphatic hydroxyl groups excluding tert-OH is 1. The van der Waals surface area contributed by atoms with Crippen LogP contribution in [0.5, 0.6) is 0 Å². The van der Waals surface area contributed by atoms with E-state index in [2.05, 4.69) is 20.6 Å². The molecule has 0 aliphatic carbocycles. The molecule has 0 saturated carbocycles. The fourth-order valence-corrected chi connectivity index (χ4v) is 9.88. The highest BCUT2D eigenvalue weighted by Gasteiger charge is 2.58. The molecule has 3 aliphatic rings. The number of nitrogens with one attached hydrogen (secondary N) is 2. The zero-order chi connectivity index (χ0) is 49.4. The fourth-order valence-electron chi connectivity index (χ4n) is 9.88. The molecule has 1 aromatic heterocycles. The lowest BCUT2D eigenvalue weighted by molar-refractivity contribution is -0.298. The van der Waals surface area contributed by atoms with Gasteiger partial charge in [-0.25, -0.2) is 24.4 Å². The van der Waals surface area contributed by atoms with Gasteiger partial charge in [-0.05, 0) is 86.5 Å². The van der Waals surface area contributed by atoms with Gasteiger partial charge in [0, 0.05) is 61.4 Å². The van der Waals surface area contributed by atoms with Gasteiger partial charge < -0.3 is 54.0 Å². The van der Waals surface area contributed by atoms with Crippen LogP contribution in [0.15, 0.2) is 48.8 Å². The van der Waals surface area contributed by atoms with Gasteiger partial charge >= 0.3 is 24.2 Å². The van der Waals surface area contributed by atoms with Crippen molar-refractivity contribution < 1.29 is 57.5 Å². The number of rotatable bonds is 12. The highest BCUT2D eigenvalue weighted by molar-refractivity contribution is 5.85. The summed E-state index contributed by atoms with van der Waals surface area (Å²) in [4.78, 5) is 82.2. The second-order valence-electron chi connectivity index (χ2n) is 18.8. The van der Waals surface area contributed by atoms with Crippen molar-refractivity contribution >= 4 is 36.1 Å². The van der Waals surface area contributed by atoms with Crippen LogP contribution in [0.25, 0.3) is 17.5 Å². The van der Waals surface area contributed by atoms with Crippen LogP contribution in [-0.4, -0.2) is 149 Å². The van der Waals surface area contributed by atoms with Crippen LogP contribution in [0.4, 0.5) is 14.4 Å². The molecule has 2 aromatic rings. The van der Waals surface area contributed by atoms with Crippen LogP contribution in [0.1, 0.15) is 94.1 Å². The van der Waals surface area contributed by atoms with E-state index in [1.54, 1.807) is 86.8 Å². The monoisotopic (exact) mass is 937 g/mol. The van der Waals surface area contributed by atoms with Crippen molar-refractivity contribution in [3.8, 4) is 11.4 Å². The molecule has 3 saturated heterocycles. The average Bonchev–Trinajstić information content (AvgIpc) is 3.61. The smallest absolute Gasteiger partial charge is 0.410 e. The molecular weight excluding hydrogens is 865 g/mol. The molecule has 18 nitrogen and oxygen atoms in total. The molecule has 4 heterocycles. The summed E-state index contributed by atoms with van der Waals surface area (Å²) in [7, 11) is 3.68. The third-order valence-corrected chi connectivity index (χ3v) is 13.6. The van der Waals surface area contributed by atoms with E-state index in [9.17, 15) is 29.1 Å². The van der Waals surface area contributed by atoms with Gasteiger partial charge in [0.2, 0.25) is 0 Å². The molecule has 370 valence electrons. The molecule has 0 radical (unpaired) electrons. The van der Waals surface area contributed by atoms with E-state index in [4.69, 9.17) is 28.4 Å². The third kappa shape index (κ3) is 12.3. The zero-order valence-corrected chi connectivity index (χ0v) is 41.1. The molecule has 1 aromatic carbocycles. The summed E-state index contributed by atoms with van der Waals surface area (Å²) in [6.07, 6.45) is -1.35. The van der Waals surface area contributed by atoms with Gasteiger partial charge in [0.25, 0.3) is 0 Å². The Balaban J connectivity index is 1.58. The van der Waals surface area contributed by atoms with E-state index < -0.39 is 102 Å². The van der Waals surface area contributed by atoms with Gasteiger partial charge in [-0.15, -0.1) is 0 Å². The number of alkyl carbamates (subject to hydrolysis) is 2. The van der Waals surface area contributed by atoms with Crippen molar-refractivity contribution in [3.63, 3.8) is 0 Å². The summed E-state index contributed by atoms with van der Waals surface area (Å²) in [5.41, 5.74) is -1.52. The summed E-state index contributed by atoms with van der Waals surface area (Å²) in [6, 6.07) is 8.02. The maximum Gasteiger partial charge on any atom is 0.410 e. The predicted molar refractivity (Wildman–Crippen MR) is 248 cm³/mol. The van der Waals surface area contributed by atoms with Crippen molar-refractivity contribution in [3.05, 3.63) is 54.4 Å². The van der Waals surface area contributed by atoms with Gasteiger partial charge in [-0.1, -0.05) is 64.1 Å². The molecule has 3 amide bonds. The van der Waals surface area contributed by atoms with Gasteiger partial charge in [-0.3, -0.25) is 9.59 Å². The number of benzene rings is 1. The van der Waals surface area contributed by atoms with Crippen LogP contribution in [-0.2, 0) is 38.0 Å². The van der Waals surface area contributed by atoms with E-state index in [1.807, 2.05) is 56.3 Å². The second-order valence-corrected chi connectivity index (χ2v) is 18.8. The number of aliphatic hydroxyl groups is 1. The van der Waals surface area contributed by atoms with Crippen LogP contribution in [0.3, 0.4) is 0 Å². The Morgan fingerprint density at radius 3 is 2.25 bits per heavy atom. The van der Waals surface area contributed by atoms with E-state index >= 15 is 0 Å². The largest absolute Gasteiger partial charge is 0.458 e. The number of nitrogens with zero attached hydrogens (tertiary/aromatic N) is 4. The Hall–Kier alpha value is -5.17. The number of cyclic esters (lactones) is 1. The molecule has 3 aliphatic heterocycles. The third-order valence-electron chi connectivity index (χ3n) is 13.6. The molecule has 14 atom stereocenters. The lowest BCUT2D eigenvalue weighted by Gasteiger charge is -2.48. The topological polar surface area (TPSA) is 217 Å². The number of ether oxygens (including phenoxy) is 6. The standard InChI is InChI=1S/C49H72N6O12/c1-13-36-49(10)40(53-46(60)67-49)30(6)37(56)28(4)27-48(9,66-45(59)52-23-16-18-33-19-21-34(22-20-33)42-50-24-17-25-51-42)41(65-44-38(57)35(54(11)12)26-29(5)62-44)31(7)39(32(8)43(58)63-36)64-47(61)55(14-2)15-3/h16-22,24-25,28-32,35-36,38-41,44,57H,13-15,23,26-27H2,1-12H3,(H,52,59)(H,53,60)/t28-,29-,30+,31+,32-,35+,36-,38-,39+,40-,41-,44+,48-,49-/m1/s1. The zero-order valence-electron chi connectivity index (χ0n) is 41.1. The predicted octanol–water partition coefficient (Wildman–Crippen LogP) is 6.01. The first-order chi connectivity index (χ1) is 31.7. The van der Waals surface area contributed by atoms with Crippen molar-refractivity contribution in [2.45, 2.75) is 149 Å². The van der Waals surface area contributed by atoms with E-state index in [0.717, 1.165) is 11.1 Å². The minimum atomic E-state index is -1.76. The first-order valence-electron chi connectivity index (χ1n) is 23.5. The van der Waals surface area contributed by atoms with Crippen molar-refractivity contribution in [1.29, 1.82) is 0 Å². The number of hydrogen-bond donors (Lipinski definition) is 3. The molecule has 0 bridgehead atoms. The molecule has 3 N–H and O–H groups in total. The first kappa shape index (κ1) is 52.8. The van der Waals surface area contributed by atoms with Gasteiger partial charge in [-0.2, -0.15) is 0 Å². The first-order valence-corrected chi connectivity index (χ1v) is 23.5. The van der Waals surface area contributed by atoms with Crippen molar-refractivity contribution in [2.75, 3.05) is 33.7 Å². The lowest BCUT2D eigenvalue weighted by Crippen LogP contribution is -2.61. The minimum Gasteiger partial charge on any atom is -0.458 e. The molecule has 0 spiro atoms. The Morgan fingerprint density at radius 2 is 1.64 bits per heavy atom. The van der Waals surface area contributed by atoms with Crippen molar-refractivity contribution in [1.82, 2.24) is 30.4 Å². The number of esters is 1. The van der Waals surface area contributed by atoms with E-state index in [-0.39, 0.29) is 31.3 Å². The Bertz CT molecular complexity index is 2040. The summed E-state index contributed by atoms with van der Waals surface area (Å²) >= 11 is 0. The lowest BCUT2D eigenvalue weighted by atomic mass is 9.73. The Kier molecular flexibility index (Phi) is 17.9. The van der Waals surface area contributed by atoms with Crippen LogP contribution >= 0.6 is 0 Å². The minimum absolute atomic E-state index is 0.0447. The number of hydrogen-bond acceptors (Lipinski definition) is 15. The van der Waals surface area contributed by atoms with Crippen molar-refractivity contribution in [2.24, 2.45) is 23.7 Å². The number of ketones is 1. The average molecular weight is 937 g/mol. The molecule has 0 unspecified atom stereocenters. The van der Waals surface area contributed by atoms with Crippen LogP contribution < -0.4 is 10.6 Å². The van der Waals surface area contributed by atoms with E-state index in [1.165, 1.54) is 4.90 Å². The maximum absolute atomic E-state index is 14.7. The second kappa shape index (κ2) is 22.8. The van der Waals surface area contributed by atoms with Gasteiger partial charge in [0.15, 0.2) is 17.7 Å². The number of carbonyl (C=O) groups is 5. The van der Waals surface area contributed by atoms with Gasteiger partial charge in [0.1, 0.15) is 35.8 Å². The molecule has 67 heavy (non-hydrogen) atoms. The van der Waals surface area contributed by atoms with Crippen LogP contribution in [0, 0.1) is 23.7 Å². The number of fused-ring (bicyclic) bond motifs is 1. The highest BCUT2D eigenvalue weighted by atomic mass is 16.7. The summed E-state index contributed by atoms with van der Waals surface area (Å²) in [6.45, 7) is 17.8. The Labute approximate surface area is 394 Å². The molecule has 3 fully saturated rings. The quantitative estimate of drug-likeness (QED) is 0.164. The highest BCUT2D eigenvalue weighted by Crippen LogP contribution is 2.42. The number of amides is 3. The molecule has 18 heteroatoms. The normalized spacial score (nSPS) is 34.0. The molecule has 5 rings (SSSR count). The fraction of sp³-hybridized carbons (Fsp3) is 0.653.